The van der Waals surface area contributed by atoms with E-state index in [-0.39, 0.29) is 6.61 Å². The molecule has 1 aromatic rings. The molecular formula is C17H30N2O. The van der Waals surface area contributed by atoms with Crippen LogP contribution in [0, 0.1) is 0 Å². The quantitative estimate of drug-likeness (QED) is 0.727. The predicted octanol–water partition coefficient (Wildman–Crippen LogP) is 3.34. The summed E-state index contributed by atoms with van der Waals surface area (Å²) in [5, 5.41) is 12.7. The first-order valence-corrected chi connectivity index (χ1v) is 7.81. The highest BCUT2D eigenvalue weighted by molar-refractivity contribution is 5.55. The zero-order chi connectivity index (χ0) is 15.0. The number of nitrogens with one attached hydrogen (secondary N) is 1. The average Bonchev–Trinajstić information content (AvgIpc) is 2.45. The van der Waals surface area contributed by atoms with E-state index in [0.717, 1.165) is 25.9 Å². The molecule has 0 heterocycles. The lowest BCUT2D eigenvalue weighted by Crippen LogP contribution is -2.34. The molecule has 1 unspecified atom stereocenters. The molecule has 0 aliphatic rings. The van der Waals surface area contributed by atoms with Crippen molar-refractivity contribution in [3.63, 3.8) is 0 Å². The van der Waals surface area contributed by atoms with Crippen LogP contribution in [0.4, 0.5) is 5.69 Å². The van der Waals surface area contributed by atoms with Crippen LogP contribution in [-0.4, -0.2) is 30.8 Å². The third-order valence-electron chi connectivity index (χ3n) is 3.59. The van der Waals surface area contributed by atoms with E-state index >= 15 is 0 Å². The molecular weight excluding hydrogens is 248 g/mol. The summed E-state index contributed by atoms with van der Waals surface area (Å²) in [5.74, 6) is 0. The summed E-state index contributed by atoms with van der Waals surface area (Å²) in [7, 11) is 0. The maximum absolute atomic E-state index is 9.10. The van der Waals surface area contributed by atoms with Crippen molar-refractivity contribution in [3.8, 4) is 0 Å². The maximum Gasteiger partial charge on any atom is 0.0447 e. The van der Waals surface area contributed by atoms with E-state index in [4.69, 9.17) is 5.11 Å². The van der Waals surface area contributed by atoms with Gasteiger partial charge in [-0.1, -0.05) is 25.1 Å². The second kappa shape index (κ2) is 8.98. The van der Waals surface area contributed by atoms with Crippen molar-refractivity contribution in [2.45, 2.75) is 52.6 Å². The molecule has 114 valence electrons. The highest BCUT2D eigenvalue weighted by Gasteiger charge is 2.16. The van der Waals surface area contributed by atoms with Gasteiger partial charge >= 0.3 is 0 Å². The first-order valence-electron chi connectivity index (χ1n) is 7.81. The Morgan fingerprint density at radius 3 is 2.50 bits per heavy atom. The fourth-order valence-corrected chi connectivity index (χ4v) is 2.48. The molecule has 3 nitrogen and oxygen atoms in total. The number of nitrogens with zero attached hydrogens (tertiary/aromatic N) is 1. The number of hydrogen-bond donors (Lipinski definition) is 2. The van der Waals surface area contributed by atoms with Crippen molar-refractivity contribution >= 4 is 5.69 Å². The lowest BCUT2D eigenvalue weighted by Gasteiger charge is -2.32. The van der Waals surface area contributed by atoms with Crippen LogP contribution in [-0.2, 0) is 0 Å². The van der Waals surface area contributed by atoms with Crippen molar-refractivity contribution in [2.75, 3.05) is 24.6 Å². The van der Waals surface area contributed by atoms with Crippen molar-refractivity contribution < 1.29 is 5.11 Å². The van der Waals surface area contributed by atoms with Crippen LogP contribution in [0.1, 0.15) is 52.1 Å². The van der Waals surface area contributed by atoms with Gasteiger partial charge in [-0.2, -0.15) is 0 Å². The fourth-order valence-electron chi connectivity index (χ4n) is 2.48. The average molecular weight is 278 g/mol. The minimum Gasteiger partial charge on any atom is -0.396 e. The van der Waals surface area contributed by atoms with E-state index < -0.39 is 0 Å². The minimum atomic E-state index is 0.245. The third kappa shape index (κ3) is 4.80. The molecule has 0 spiro atoms. The Bertz CT molecular complexity index is 379. The number of hydrogen-bond acceptors (Lipinski definition) is 3. The van der Waals surface area contributed by atoms with E-state index in [0.29, 0.717) is 12.1 Å². The Hall–Kier alpha value is -1.06. The lowest BCUT2D eigenvalue weighted by molar-refractivity contribution is 0.288. The van der Waals surface area contributed by atoms with Crippen LogP contribution < -0.4 is 10.2 Å². The second-order valence-corrected chi connectivity index (χ2v) is 5.60. The summed E-state index contributed by atoms with van der Waals surface area (Å²) in [6.45, 7) is 11.0. The number of anilines is 1. The first kappa shape index (κ1) is 17.0. The molecule has 0 radical (unpaired) electrons. The van der Waals surface area contributed by atoms with Crippen LogP contribution in [0.2, 0.25) is 0 Å². The Morgan fingerprint density at radius 2 is 1.90 bits per heavy atom. The number of aliphatic hydroxyl groups is 1. The Morgan fingerprint density at radius 1 is 1.20 bits per heavy atom. The largest absolute Gasteiger partial charge is 0.396 e. The van der Waals surface area contributed by atoms with Crippen LogP contribution in [0.15, 0.2) is 24.3 Å². The van der Waals surface area contributed by atoms with Gasteiger partial charge in [-0.15, -0.1) is 0 Å². The maximum atomic E-state index is 9.10. The van der Waals surface area contributed by atoms with Gasteiger partial charge in [-0.05, 0) is 51.8 Å². The first-order chi connectivity index (χ1) is 9.61. The molecule has 3 heteroatoms. The molecule has 1 aromatic carbocycles. The van der Waals surface area contributed by atoms with Gasteiger partial charge in [-0.3, -0.25) is 0 Å². The molecule has 0 aromatic heterocycles. The highest BCUT2D eigenvalue weighted by Crippen LogP contribution is 2.27. The normalized spacial score (nSPS) is 12.7. The Balaban J connectivity index is 2.96. The molecule has 0 fully saturated rings. The molecule has 0 bridgehead atoms. The minimum absolute atomic E-state index is 0.245. The summed E-state index contributed by atoms with van der Waals surface area (Å²) in [6.07, 6.45) is 1.95. The van der Waals surface area contributed by atoms with E-state index in [9.17, 15) is 0 Å². The van der Waals surface area contributed by atoms with E-state index in [2.05, 4.69) is 62.2 Å². The van der Waals surface area contributed by atoms with Gasteiger partial charge in [0, 0.05) is 30.9 Å². The Labute approximate surface area is 124 Å². The SMILES string of the molecule is CCCNC(C)c1ccccc1N(CCCO)C(C)C. The zero-order valence-electron chi connectivity index (χ0n) is 13.4. The summed E-state index contributed by atoms with van der Waals surface area (Å²) in [5.41, 5.74) is 2.62. The van der Waals surface area contributed by atoms with Crippen molar-refractivity contribution in [2.24, 2.45) is 0 Å². The number of aliphatic hydroxyl groups excluding tert-OH is 1. The predicted molar refractivity (Wildman–Crippen MR) is 87.3 cm³/mol. The molecule has 1 rings (SSSR count). The van der Waals surface area contributed by atoms with Gasteiger partial charge in [-0.25, -0.2) is 0 Å². The van der Waals surface area contributed by atoms with E-state index in [1.54, 1.807) is 0 Å². The van der Waals surface area contributed by atoms with Crippen LogP contribution in [0.3, 0.4) is 0 Å². The Kier molecular flexibility index (Phi) is 7.63. The van der Waals surface area contributed by atoms with Gasteiger partial charge in [0.2, 0.25) is 0 Å². The number of rotatable bonds is 9. The van der Waals surface area contributed by atoms with Crippen LogP contribution >= 0.6 is 0 Å². The summed E-state index contributed by atoms with van der Waals surface area (Å²) in [4.78, 5) is 2.38. The second-order valence-electron chi connectivity index (χ2n) is 5.60. The van der Waals surface area contributed by atoms with Gasteiger partial charge in [0.1, 0.15) is 0 Å². The zero-order valence-corrected chi connectivity index (χ0v) is 13.4. The molecule has 0 amide bonds. The topological polar surface area (TPSA) is 35.5 Å². The molecule has 1 atom stereocenters. The monoisotopic (exact) mass is 278 g/mol. The molecule has 0 saturated heterocycles. The smallest absolute Gasteiger partial charge is 0.0447 e. The third-order valence-corrected chi connectivity index (χ3v) is 3.59. The number of benzene rings is 1. The summed E-state index contributed by atoms with van der Waals surface area (Å²) < 4.78 is 0. The summed E-state index contributed by atoms with van der Waals surface area (Å²) in [6, 6.07) is 9.38. The van der Waals surface area contributed by atoms with Gasteiger partial charge in [0.05, 0.1) is 0 Å². The molecule has 0 aliphatic heterocycles. The number of para-hydroxylation sites is 1. The van der Waals surface area contributed by atoms with Gasteiger partial charge in [0.25, 0.3) is 0 Å². The lowest BCUT2D eigenvalue weighted by atomic mass is 10.0. The van der Waals surface area contributed by atoms with Gasteiger partial charge in [0.15, 0.2) is 0 Å². The standard InChI is InChI=1S/C17H30N2O/c1-5-11-18-15(4)16-9-6-7-10-17(16)19(14(2)3)12-8-13-20/h6-7,9-10,14-15,18,20H,5,8,11-13H2,1-4H3. The van der Waals surface area contributed by atoms with Crippen molar-refractivity contribution in [3.05, 3.63) is 29.8 Å². The molecule has 20 heavy (non-hydrogen) atoms. The molecule has 2 N–H and O–H groups in total. The highest BCUT2D eigenvalue weighted by atomic mass is 16.3. The molecule has 0 aliphatic carbocycles. The van der Waals surface area contributed by atoms with Crippen molar-refractivity contribution in [1.29, 1.82) is 0 Å². The fraction of sp³-hybridized carbons (Fsp3) is 0.647. The van der Waals surface area contributed by atoms with E-state index in [1.807, 2.05) is 0 Å². The van der Waals surface area contributed by atoms with Crippen LogP contribution in [0.5, 0.6) is 0 Å². The summed E-state index contributed by atoms with van der Waals surface area (Å²) >= 11 is 0. The van der Waals surface area contributed by atoms with E-state index in [1.165, 1.54) is 11.3 Å². The molecule has 0 saturated carbocycles. The van der Waals surface area contributed by atoms with Crippen molar-refractivity contribution in [1.82, 2.24) is 5.32 Å². The van der Waals surface area contributed by atoms with Gasteiger partial charge < -0.3 is 15.3 Å². The van der Waals surface area contributed by atoms with Crippen LogP contribution in [0.25, 0.3) is 0 Å².